The van der Waals surface area contributed by atoms with Crippen LogP contribution in [0.2, 0.25) is 0 Å². The number of amides is 1. The monoisotopic (exact) mass is 473 g/mol. The molecule has 1 N–H and O–H groups in total. The Morgan fingerprint density at radius 1 is 0.706 bits per heavy atom. The Morgan fingerprint density at radius 3 is 1.91 bits per heavy atom. The fraction of sp³-hybridized carbons (Fsp3) is 0.115. The number of benzene rings is 4. The lowest BCUT2D eigenvalue weighted by atomic mass is 9.97. The van der Waals surface area contributed by atoms with Gasteiger partial charge in [0.25, 0.3) is 5.91 Å². The molecule has 8 heteroatoms. The minimum absolute atomic E-state index is 0.0529. The molecule has 0 aliphatic rings. The molecule has 0 unspecified atom stereocenters. The molecule has 0 saturated carbocycles. The van der Waals surface area contributed by atoms with E-state index in [1.54, 1.807) is 24.3 Å². The van der Waals surface area contributed by atoms with E-state index in [-0.39, 0.29) is 17.2 Å². The van der Waals surface area contributed by atoms with E-state index in [1.807, 2.05) is 42.5 Å². The Bertz CT molecular complexity index is 1300. The lowest BCUT2D eigenvalue weighted by molar-refractivity contribution is -0.143. The molecule has 0 spiro atoms. The fourth-order valence-corrected chi connectivity index (χ4v) is 3.68. The number of fused-ring (bicyclic) bond motifs is 1. The Kier molecular flexibility index (Phi) is 6.08. The molecule has 0 saturated heterocycles. The maximum atomic E-state index is 13.0. The van der Waals surface area contributed by atoms with Crippen LogP contribution in [0.3, 0.4) is 0 Å². The number of hydrogen-bond donors (Lipinski definition) is 1. The van der Waals surface area contributed by atoms with Crippen LogP contribution >= 0.6 is 0 Å². The minimum atomic E-state index is -4.95. The van der Waals surface area contributed by atoms with E-state index < -0.39 is 35.9 Å². The van der Waals surface area contributed by atoms with Crippen LogP contribution in [0, 0.1) is 0 Å². The van der Waals surface area contributed by atoms with Gasteiger partial charge in [-0.25, -0.2) is 0 Å². The number of hydrogen-bond acceptors (Lipinski definition) is 1. The van der Waals surface area contributed by atoms with Crippen LogP contribution in [0.4, 0.5) is 26.3 Å². The van der Waals surface area contributed by atoms with Crippen LogP contribution in [-0.4, -0.2) is 5.91 Å². The van der Waals surface area contributed by atoms with Gasteiger partial charge in [-0.15, -0.1) is 0 Å². The van der Waals surface area contributed by atoms with Gasteiger partial charge in [0.1, 0.15) is 0 Å². The average molecular weight is 473 g/mol. The molecule has 4 rings (SSSR count). The van der Waals surface area contributed by atoms with Gasteiger partial charge in [-0.2, -0.15) is 26.3 Å². The molecule has 0 heterocycles. The van der Waals surface area contributed by atoms with Crippen LogP contribution in [0.25, 0.3) is 21.9 Å². The quantitative estimate of drug-likeness (QED) is 0.306. The highest BCUT2D eigenvalue weighted by Crippen LogP contribution is 2.36. The van der Waals surface area contributed by atoms with E-state index in [2.05, 4.69) is 5.32 Å². The normalized spacial score (nSPS) is 12.1. The largest absolute Gasteiger partial charge is 0.416 e. The molecule has 4 aromatic carbocycles. The highest BCUT2D eigenvalue weighted by Gasteiger charge is 2.36. The zero-order valence-corrected chi connectivity index (χ0v) is 17.5. The van der Waals surface area contributed by atoms with Gasteiger partial charge in [0.15, 0.2) is 0 Å². The third-order valence-electron chi connectivity index (χ3n) is 5.35. The molecule has 174 valence electrons. The Morgan fingerprint density at radius 2 is 1.29 bits per heavy atom. The number of carbonyl (C=O) groups is 1. The van der Waals surface area contributed by atoms with Crippen LogP contribution in [-0.2, 0) is 18.9 Å². The number of carbonyl (C=O) groups excluding carboxylic acids is 1. The lowest BCUT2D eigenvalue weighted by Gasteiger charge is -2.14. The first-order valence-corrected chi connectivity index (χ1v) is 10.2. The predicted molar refractivity (Wildman–Crippen MR) is 117 cm³/mol. The maximum Gasteiger partial charge on any atom is 0.416 e. The molecule has 0 atom stereocenters. The first-order valence-electron chi connectivity index (χ1n) is 10.2. The van der Waals surface area contributed by atoms with E-state index in [4.69, 9.17) is 0 Å². The highest BCUT2D eigenvalue weighted by atomic mass is 19.4. The van der Waals surface area contributed by atoms with Crippen LogP contribution in [0.5, 0.6) is 0 Å². The van der Waals surface area contributed by atoms with Gasteiger partial charge < -0.3 is 5.32 Å². The van der Waals surface area contributed by atoms with Gasteiger partial charge in [0.05, 0.1) is 11.1 Å². The van der Waals surface area contributed by atoms with E-state index in [1.165, 1.54) is 0 Å². The topological polar surface area (TPSA) is 29.1 Å². The lowest BCUT2D eigenvalue weighted by Crippen LogP contribution is -2.23. The number of halogens is 6. The summed E-state index contributed by atoms with van der Waals surface area (Å²) in [6.45, 7) is -0.489. The summed E-state index contributed by atoms with van der Waals surface area (Å²) < 4.78 is 78.1. The minimum Gasteiger partial charge on any atom is -0.348 e. The van der Waals surface area contributed by atoms with Gasteiger partial charge >= 0.3 is 12.4 Å². The van der Waals surface area contributed by atoms with Crippen molar-refractivity contribution >= 4 is 16.7 Å². The molecule has 4 aromatic rings. The van der Waals surface area contributed by atoms with Crippen molar-refractivity contribution in [3.8, 4) is 11.1 Å². The van der Waals surface area contributed by atoms with Gasteiger partial charge in [-0.05, 0) is 57.8 Å². The summed E-state index contributed by atoms with van der Waals surface area (Å²) >= 11 is 0. The third-order valence-corrected chi connectivity index (χ3v) is 5.35. The Labute approximate surface area is 190 Å². The zero-order chi connectivity index (χ0) is 24.5. The second-order valence-electron chi connectivity index (χ2n) is 7.70. The summed E-state index contributed by atoms with van der Waals surface area (Å²) in [4.78, 5) is 12.5. The second-order valence-corrected chi connectivity index (χ2v) is 7.70. The summed E-state index contributed by atoms with van der Waals surface area (Å²) in [6, 6.07) is 21.5. The van der Waals surface area contributed by atoms with Crippen LogP contribution in [0.15, 0.2) is 84.9 Å². The van der Waals surface area contributed by atoms with Crippen molar-refractivity contribution in [2.45, 2.75) is 18.9 Å². The first-order chi connectivity index (χ1) is 16.0. The molecule has 0 aromatic heterocycles. The molecular formula is C26H17F6NO. The number of rotatable bonds is 4. The Balaban J connectivity index is 1.53. The van der Waals surface area contributed by atoms with E-state index in [9.17, 15) is 31.1 Å². The molecule has 0 radical (unpaired) electrons. The molecule has 2 nitrogen and oxygen atoms in total. The number of nitrogens with one attached hydrogen (secondary N) is 1. The second kappa shape index (κ2) is 8.85. The molecule has 0 aliphatic heterocycles. The standard InChI is InChI=1S/C26H17F6NO/c27-25(28,29)20-12-16(13-21(14-20)26(30,31)32)15-33-24(34)19-10-8-18(9-11-19)23-7-3-5-17-4-1-2-6-22(17)23/h1-14H,15H2,(H,33,34). The van der Waals surface area contributed by atoms with E-state index >= 15 is 0 Å². The molecule has 1 amide bonds. The highest BCUT2D eigenvalue weighted by molar-refractivity contribution is 5.98. The van der Waals surface area contributed by atoms with Crippen LogP contribution < -0.4 is 5.32 Å². The SMILES string of the molecule is O=C(NCc1cc(C(F)(F)F)cc(C(F)(F)F)c1)c1ccc(-c2cccc3ccccc23)cc1. The molecule has 34 heavy (non-hydrogen) atoms. The van der Waals surface area contributed by atoms with Crippen molar-refractivity contribution < 1.29 is 31.1 Å². The molecule has 0 aliphatic carbocycles. The van der Waals surface area contributed by atoms with Gasteiger partial charge in [0.2, 0.25) is 0 Å². The Hall–Kier alpha value is -3.81. The average Bonchev–Trinajstić information content (AvgIpc) is 2.81. The summed E-state index contributed by atoms with van der Waals surface area (Å²) in [6.07, 6.45) is -9.89. The van der Waals surface area contributed by atoms with E-state index in [0.717, 1.165) is 21.9 Å². The summed E-state index contributed by atoms with van der Waals surface area (Å²) in [5.41, 5.74) is -1.10. The van der Waals surface area contributed by atoms with Crippen molar-refractivity contribution in [3.05, 3.63) is 107 Å². The zero-order valence-electron chi connectivity index (χ0n) is 17.5. The van der Waals surface area contributed by atoms with Crippen molar-refractivity contribution in [1.29, 1.82) is 0 Å². The van der Waals surface area contributed by atoms with Crippen LogP contribution in [0.1, 0.15) is 27.0 Å². The predicted octanol–water partition coefficient (Wildman–Crippen LogP) is 7.47. The number of alkyl halides is 6. The fourth-order valence-electron chi connectivity index (χ4n) is 3.68. The maximum absolute atomic E-state index is 13.0. The van der Waals surface area contributed by atoms with Crippen molar-refractivity contribution in [2.24, 2.45) is 0 Å². The molecule has 0 bridgehead atoms. The van der Waals surface area contributed by atoms with Crippen molar-refractivity contribution in [2.75, 3.05) is 0 Å². The van der Waals surface area contributed by atoms with Gasteiger partial charge in [-0.3, -0.25) is 4.79 Å². The van der Waals surface area contributed by atoms with E-state index in [0.29, 0.717) is 12.1 Å². The summed E-state index contributed by atoms with van der Waals surface area (Å²) in [7, 11) is 0. The van der Waals surface area contributed by atoms with Crippen molar-refractivity contribution in [3.63, 3.8) is 0 Å². The molecule has 0 fully saturated rings. The smallest absolute Gasteiger partial charge is 0.348 e. The van der Waals surface area contributed by atoms with Gasteiger partial charge in [0, 0.05) is 12.1 Å². The third kappa shape index (κ3) is 5.06. The summed E-state index contributed by atoms with van der Waals surface area (Å²) in [5.74, 6) is -0.615. The van der Waals surface area contributed by atoms with Gasteiger partial charge in [-0.1, -0.05) is 54.6 Å². The first kappa shape index (κ1) is 23.4. The van der Waals surface area contributed by atoms with Crippen molar-refractivity contribution in [1.82, 2.24) is 5.32 Å². The summed E-state index contributed by atoms with van der Waals surface area (Å²) in [5, 5.41) is 4.48. The molecular weight excluding hydrogens is 456 g/mol.